The van der Waals surface area contributed by atoms with Gasteiger partial charge in [-0.15, -0.1) is 23.1 Å². The van der Waals surface area contributed by atoms with Crippen LogP contribution in [-0.2, 0) is 17.1 Å². The summed E-state index contributed by atoms with van der Waals surface area (Å²) in [6.07, 6.45) is 0. The van der Waals surface area contributed by atoms with Gasteiger partial charge in [0.25, 0.3) is 0 Å². The number of carbonyl (C=O) groups excluding carboxylic acids is 1. The van der Waals surface area contributed by atoms with Crippen molar-refractivity contribution in [2.24, 2.45) is 0 Å². The first-order chi connectivity index (χ1) is 13.1. The van der Waals surface area contributed by atoms with E-state index in [0.29, 0.717) is 46.4 Å². The van der Waals surface area contributed by atoms with Gasteiger partial charge in [0.1, 0.15) is 0 Å². The van der Waals surface area contributed by atoms with Gasteiger partial charge in [-0.25, -0.2) is 0 Å². The van der Waals surface area contributed by atoms with Gasteiger partial charge in [0, 0.05) is 22.3 Å². The number of rotatable bonds is 8. The lowest BCUT2D eigenvalue weighted by atomic mass is 10.2. The number of halogens is 2. The summed E-state index contributed by atoms with van der Waals surface area (Å²) in [7, 11) is 0. The summed E-state index contributed by atoms with van der Waals surface area (Å²) in [5.74, 6) is 1.99. The van der Waals surface area contributed by atoms with E-state index in [1.54, 1.807) is 28.4 Å². The Hall–Kier alpha value is -1.54. The van der Waals surface area contributed by atoms with Crippen LogP contribution in [0.4, 0.5) is 0 Å². The van der Waals surface area contributed by atoms with Gasteiger partial charge in [0.15, 0.2) is 0 Å². The molecule has 0 atom stereocenters. The van der Waals surface area contributed by atoms with Crippen LogP contribution in [0.15, 0.2) is 40.2 Å². The molecule has 9 heteroatoms. The van der Waals surface area contributed by atoms with Crippen molar-refractivity contribution in [2.75, 3.05) is 12.3 Å². The summed E-state index contributed by atoms with van der Waals surface area (Å²) in [6, 6.07) is 9.25. The first-order valence-electron chi connectivity index (χ1n) is 8.22. The summed E-state index contributed by atoms with van der Waals surface area (Å²) < 4.78 is 5.29. The van der Waals surface area contributed by atoms with Crippen LogP contribution >= 0.6 is 46.3 Å². The quantitative estimate of drug-likeness (QED) is 0.468. The highest BCUT2D eigenvalue weighted by atomic mass is 35.5. The number of thioether (sulfide) groups is 1. The first-order valence-corrected chi connectivity index (χ1v) is 11.0. The zero-order chi connectivity index (χ0) is 19.2. The number of hydrogen-bond acceptors (Lipinski definition) is 6. The highest BCUT2D eigenvalue weighted by molar-refractivity contribution is 7.99. The molecule has 1 aromatic carbocycles. The second kappa shape index (κ2) is 9.59. The Morgan fingerprint density at radius 2 is 2.19 bits per heavy atom. The molecule has 0 aliphatic heterocycles. The summed E-state index contributed by atoms with van der Waals surface area (Å²) in [4.78, 5) is 19.5. The molecule has 3 rings (SSSR count). The van der Waals surface area contributed by atoms with Gasteiger partial charge >= 0.3 is 0 Å². The molecule has 0 spiro atoms. The van der Waals surface area contributed by atoms with Crippen LogP contribution in [0, 0.1) is 0 Å². The number of nitrogens with zero attached hydrogens (tertiary/aromatic N) is 3. The number of amides is 1. The summed E-state index contributed by atoms with van der Waals surface area (Å²) in [5, 5.41) is 7.15. The fraction of sp³-hybridized carbons (Fsp3) is 0.278. The monoisotopic (exact) mass is 441 g/mol. The van der Waals surface area contributed by atoms with E-state index in [1.165, 1.54) is 11.8 Å². The van der Waals surface area contributed by atoms with Crippen molar-refractivity contribution in [1.82, 2.24) is 15.0 Å². The minimum absolute atomic E-state index is 0.0171. The number of benzene rings is 1. The van der Waals surface area contributed by atoms with Gasteiger partial charge in [-0.05, 0) is 36.1 Å². The maximum absolute atomic E-state index is 12.5. The van der Waals surface area contributed by atoms with Crippen LogP contribution in [0.2, 0.25) is 10.0 Å². The maximum Gasteiger partial charge on any atom is 0.246 e. The van der Waals surface area contributed by atoms with E-state index in [9.17, 15) is 4.79 Å². The molecule has 0 bridgehead atoms. The van der Waals surface area contributed by atoms with Gasteiger partial charge < -0.3 is 9.42 Å². The molecule has 0 fully saturated rings. The number of aromatic nitrogens is 2. The van der Waals surface area contributed by atoms with Crippen LogP contribution in [0.1, 0.15) is 18.4 Å². The topological polar surface area (TPSA) is 59.2 Å². The van der Waals surface area contributed by atoms with E-state index >= 15 is 0 Å². The van der Waals surface area contributed by atoms with Crippen LogP contribution in [0.5, 0.6) is 0 Å². The molecule has 0 unspecified atom stereocenters. The summed E-state index contributed by atoms with van der Waals surface area (Å²) >= 11 is 15.1. The lowest BCUT2D eigenvalue weighted by Crippen LogP contribution is -2.31. The molecule has 0 aliphatic carbocycles. The Labute approximate surface area is 175 Å². The molecule has 2 heterocycles. The van der Waals surface area contributed by atoms with E-state index < -0.39 is 0 Å². The SMILES string of the molecule is CCN(Cc1nc(-c2cccs2)no1)C(=O)CSCc1ccc(Cl)cc1Cl. The molecule has 1 amide bonds. The van der Waals surface area contributed by atoms with Gasteiger partial charge in [-0.2, -0.15) is 4.98 Å². The molecule has 27 heavy (non-hydrogen) atoms. The normalized spacial score (nSPS) is 10.9. The average Bonchev–Trinajstić information content (AvgIpc) is 3.32. The van der Waals surface area contributed by atoms with Gasteiger partial charge in [-0.1, -0.05) is 40.5 Å². The molecule has 0 saturated carbocycles. The van der Waals surface area contributed by atoms with Gasteiger partial charge in [0.05, 0.1) is 17.2 Å². The van der Waals surface area contributed by atoms with Crippen molar-refractivity contribution < 1.29 is 9.32 Å². The minimum Gasteiger partial charge on any atom is -0.337 e. The molecule has 0 aliphatic rings. The van der Waals surface area contributed by atoms with Crippen molar-refractivity contribution in [3.8, 4) is 10.7 Å². The molecule has 0 radical (unpaired) electrons. The second-order valence-electron chi connectivity index (χ2n) is 5.63. The fourth-order valence-corrected chi connectivity index (χ4v) is 4.48. The van der Waals surface area contributed by atoms with Crippen molar-refractivity contribution in [1.29, 1.82) is 0 Å². The number of carbonyl (C=O) groups is 1. The Morgan fingerprint density at radius 3 is 2.89 bits per heavy atom. The average molecular weight is 442 g/mol. The number of hydrogen-bond donors (Lipinski definition) is 0. The lowest BCUT2D eigenvalue weighted by molar-refractivity contribution is -0.129. The molecule has 142 valence electrons. The Balaban J connectivity index is 1.53. The van der Waals surface area contributed by atoms with Crippen molar-refractivity contribution >= 4 is 52.2 Å². The van der Waals surface area contributed by atoms with E-state index in [-0.39, 0.29) is 5.91 Å². The standard InChI is InChI=1S/C18H17Cl2N3O2S2/c1-2-23(9-16-21-18(22-25-16)15-4-3-7-27-15)17(24)11-26-10-12-5-6-13(19)8-14(12)20/h3-8H,2,9-11H2,1H3. The highest BCUT2D eigenvalue weighted by Gasteiger charge is 2.17. The lowest BCUT2D eigenvalue weighted by Gasteiger charge is -2.18. The molecule has 0 N–H and O–H groups in total. The van der Waals surface area contributed by atoms with Crippen molar-refractivity contribution in [2.45, 2.75) is 19.2 Å². The molecule has 2 aromatic heterocycles. The van der Waals surface area contributed by atoms with E-state index in [1.807, 2.05) is 30.5 Å². The Bertz CT molecular complexity index is 900. The molecular formula is C18H17Cl2N3O2S2. The van der Waals surface area contributed by atoms with Crippen molar-refractivity contribution in [3.05, 3.63) is 57.2 Å². The predicted molar refractivity (Wildman–Crippen MR) is 111 cm³/mol. The molecule has 5 nitrogen and oxygen atoms in total. The van der Waals surface area contributed by atoms with E-state index in [0.717, 1.165) is 10.4 Å². The predicted octanol–water partition coefficient (Wildman–Crippen LogP) is 5.39. The Kier molecular flexibility index (Phi) is 7.18. The third-order valence-corrected chi connectivity index (χ3v) is 6.19. The molecular weight excluding hydrogens is 425 g/mol. The largest absolute Gasteiger partial charge is 0.337 e. The first kappa shape index (κ1) is 20.2. The summed E-state index contributed by atoms with van der Waals surface area (Å²) in [5.41, 5.74) is 0.958. The van der Waals surface area contributed by atoms with Crippen LogP contribution in [-0.4, -0.2) is 33.2 Å². The van der Waals surface area contributed by atoms with Crippen LogP contribution < -0.4 is 0 Å². The van der Waals surface area contributed by atoms with Crippen molar-refractivity contribution in [3.63, 3.8) is 0 Å². The molecule has 0 saturated heterocycles. The second-order valence-corrected chi connectivity index (χ2v) is 8.40. The third-order valence-electron chi connectivity index (χ3n) is 3.77. The van der Waals surface area contributed by atoms with Gasteiger partial charge in [-0.3, -0.25) is 4.79 Å². The van der Waals surface area contributed by atoms with Gasteiger partial charge in [0.2, 0.25) is 17.6 Å². The molecule has 3 aromatic rings. The van der Waals surface area contributed by atoms with E-state index in [4.69, 9.17) is 27.7 Å². The minimum atomic E-state index is 0.0171. The van der Waals surface area contributed by atoms with E-state index in [2.05, 4.69) is 10.1 Å². The zero-order valence-electron chi connectivity index (χ0n) is 14.5. The smallest absolute Gasteiger partial charge is 0.246 e. The highest BCUT2D eigenvalue weighted by Crippen LogP contribution is 2.25. The van der Waals surface area contributed by atoms with Crippen LogP contribution in [0.25, 0.3) is 10.7 Å². The van der Waals surface area contributed by atoms with Crippen LogP contribution in [0.3, 0.4) is 0 Å². The summed E-state index contributed by atoms with van der Waals surface area (Å²) in [6.45, 7) is 2.79. The maximum atomic E-state index is 12.5. The Morgan fingerprint density at radius 1 is 1.33 bits per heavy atom. The zero-order valence-corrected chi connectivity index (χ0v) is 17.7. The number of thiophene rings is 1. The third kappa shape index (κ3) is 5.48. The fourth-order valence-electron chi connectivity index (χ4n) is 2.34.